The summed E-state index contributed by atoms with van der Waals surface area (Å²) in [5.41, 5.74) is -0.676. The van der Waals surface area contributed by atoms with Gasteiger partial charge < -0.3 is 15.2 Å². The second-order valence-corrected chi connectivity index (χ2v) is 4.94. The summed E-state index contributed by atoms with van der Waals surface area (Å²) < 4.78 is 30.7. The molecule has 108 valence electrons. The minimum absolute atomic E-state index is 0.0483. The van der Waals surface area contributed by atoms with Gasteiger partial charge in [-0.25, -0.2) is 13.6 Å². The van der Waals surface area contributed by atoms with Gasteiger partial charge in [0.2, 0.25) is 0 Å². The molecular formula is C14H15F2NO3. The van der Waals surface area contributed by atoms with Crippen molar-refractivity contribution < 1.29 is 23.4 Å². The third kappa shape index (κ3) is 5.14. The molecule has 0 spiro atoms. The van der Waals surface area contributed by atoms with Gasteiger partial charge in [-0.3, -0.25) is 0 Å². The number of alkyl carbamates (subject to hydrolysis) is 1. The normalized spacial score (nSPS) is 10.4. The van der Waals surface area contributed by atoms with Crippen LogP contribution >= 0.6 is 0 Å². The van der Waals surface area contributed by atoms with E-state index in [0.29, 0.717) is 6.07 Å². The standard InChI is InChI=1S/C14H15F2NO3/c1-14(2,3)20-13(19)17-6-4-5-9-7-10(15)11(16)8-12(9)18/h7-8,18H,6H2,1-3H3,(H,17,19). The molecule has 2 N–H and O–H groups in total. The Morgan fingerprint density at radius 3 is 2.55 bits per heavy atom. The summed E-state index contributed by atoms with van der Waals surface area (Å²) in [6.45, 7) is 5.11. The van der Waals surface area contributed by atoms with Crippen LogP contribution in [0.3, 0.4) is 0 Å². The summed E-state index contributed by atoms with van der Waals surface area (Å²) in [5.74, 6) is 2.20. The fourth-order valence-electron chi connectivity index (χ4n) is 1.21. The lowest BCUT2D eigenvalue weighted by atomic mass is 10.2. The highest BCUT2D eigenvalue weighted by Gasteiger charge is 2.15. The largest absolute Gasteiger partial charge is 0.507 e. The van der Waals surface area contributed by atoms with Crippen molar-refractivity contribution in [1.29, 1.82) is 0 Å². The first kappa shape index (κ1) is 15.8. The fraction of sp³-hybridized carbons (Fsp3) is 0.357. The average Bonchev–Trinajstić information content (AvgIpc) is 2.28. The molecule has 0 heterocycles. The summed E-state index contributed by atoms with van der Waals surface area (Å²) in [4.78, 5) is 11.3. The molecule has 1 aromatic rings. The molecule has 6 heteroatoms. The molecule has 0 radical (unpaired) electrons. The molecule has 1 aromatic carbocycles. The van der Waals surface area contributed by atoms with E-state index in [-0.39, 0.29) is 12.1 Å². The Morgan fingerprint density at radius 2 is 1.95 bits per heavy atom. The van der Waals surface area contributed by atoms with E-state index in [1.807, 2.05) is 0 Å². The Bertz CT molecular complexity index is 568. The van der Waals surface area contributed by atoms with Crippen LogP contribution < -0.4 is 5.32 Å². The molecule has 1 rings (SSSR count). The van der Waals surface area contributed by atoms with Crippen LogP contribution in [0, 0.1) is 23.5 Å². The molecule has 0 unspecified atom stereocenters. The zero-order valence-electron chi connectivity index (χ0n) is 11.4. The molecule has 0 saturated carbocycles. The molecular weight excluding hydrogens is 268 g/mol. The molecule has 0 aromatic heterocycles. The number of aromatic hydroxyl groups is 1. The fourth-order valence-corrected chi connectivity index (χ4v) is 1.21. The van der Waals surface area contributed by atoms with Gasteiger partial charge in [0.05, 0.1) is 12.1 Å². The lowest BCUT2D eigenvalue weighted by Gasteiger charge is -2.18. The van der Waals surface area contributed by atoms with E-state index in [1.165, 1.54) is 0 Å². The van der Waals surface area contributed by atoms with E-state index in [9.17, 15) is 18.7 Å². The van der Waals surface area contributed by atoms with Gasteiger partial charge in [0.15, 0.2) is 11.6 Å². The smallest absolute Gasteiger partial charge is 0.408 e. The van der Waals surface area contributed by atoms with Crippen molar-refractivity contribution in [1.82, 2.24) is 5.32 Å². The number of halogens is 2. The molecule has 20 heavy (non-hydrogen) atoms. The van der Waals surface area contributed by atoms with Crippen molar-refractivity contribution >= 4 is 6.09 Å². The second kappa shape index (κ2) is 6.24. The van der Waals surface area contributed by atoms with E-state index in [0.717, 1.165) is 6.07 Å². The van der Waals surface area contributed by atoms with E-state index in [1.54, 1.807) is 20.8 Å². The van der Waals surface area contributed by atoms with E-state index >= 15 is 0 Å². The average molecular weight is 283 g/mol. The highest BCUT2D eigenvalue weighted by molar-refractivity contribution is 5.68. The van der Waals surface area contributed by atoms with Crippen molar-refractivity contribution in [2.75, 3.05) is 6.54 Å². The number of phenols is 1. The maximum Gasteiger partial charge on any atom is 0.408 e. The highest BCUT2D eigenvalue weighted by atomic mass is 19.2. The van der Waals surface area contributed by atoms with Gasteiger partial charge in [-0.2, -0.15) is 0 Å². The first-order chi connectivity index (χ1) is 9.19. The third-order valence-electron chi connectivity index (χ3n) is 1.98. The number of ether oxygens (including phenoxy) is 1. The van der Waals surface area contributed by atoms with Crippen molar-refractivity contribution in [3.63, 3.8) is 0 Å². The number of phenolic OH excluding ortho intramolecular Hbond substituents is 1. The number of hydrogen-bond acceptors (Lipinski definition) is 3. The molecule has 0 bridgehead atoms. The molecule has 0 aliphatic rings. The minimum Gasteiger partial charge on any atom is -0.507 e. The molecule has 1 amide bonds. The zero-order valence-corrected chi connectivity index (χ0v) is 11.4. The van der Waals surface area contributed by atoms with Gasteiger partial charge in [-0.1, -0.05) is 11.8 Å². The van der Waals surface area contributed by atoms with Crippen LogP contribution in [-0.4, -0.2) is 23.3 Å². The highest BCUT2D eigenvalue weighted by Crippen LogP contribution is 2.19. The topological polar surface area (TPSA) is 58.6 Å². The molecule has 0 atom stereocenters. The Hall–Kier alpha value is -2.29. The van der Waals surface area contributed by atoms with Gasteiger partial charge >= 0.3 is 6.09 Å². The van der Waals surface area contributed by atoms with Crippen LogP contribution in [0.1, 0.15) is 26.3 Å². The van der Waals surface area contributed by atoms with Crippen molar-refractivity contribution in [3.05, 3.63) is 29.3 Å². The molecule has 0 aliphatic heterocycles. The SMILES string of the molecule is CC(C)(C)OC(=O)NCC#Cc1cc(F)c(F)cc1O. The van der Waals surface area contributed by atoms with Gasteiger partial charge in [0, 0.05) is 6.07 Å². The van der Waals surface area contributed by atoms with Gasteiger partial charge in [0.1, 0.15) is 11.4 Å². The first-order valence-electron chi connectivity index (χ1n) is 5.83. The summed E-state index contributed by atoms with van der Waals surface area (Å²) in [7, 11) is 0. The Kier molecular flexibility index (Phi) is 4.92. The quantitative estimate of drug-likeness (QED) is 0.779. The lowest BCUT2D eigenvalue weighted by Crippen LogP contribution is -2.32. The summed E-state index contributed by atoms with van der Waals surface area (Å²) in [6, 6.07) is 1.42. The number of carbonyl (C=O) groups excluding carboxylic acids is 1. The van der Waals surface area contributed by atoms with Crippen LogP contribution in [0.25, 0.3) is 0 Å². The number of carbonyl (C=O) groups is 1. The summed E-state index contributed by atoms with van der Waals surface area (Å²) >= 11 is 0. The summed E-state index contributed by atoms with van der Waals surface area (Å²) in [6.07, 6.45) is -0.638. The van der Waals surface area contributed by atoms with Crippen LogP contribution in [-0.2, 0) is 4.74 Å². The van der Waals surface area contributed by atoms with Crippen LogP contribution in [0.5, 0.6) is 5.75 Å². The zero-order chi connectivity index (χ0) is 15.3. The maximum absolute atomic E-state index is 12.9. The van der Waals surface area contributed by atoms with Crippen molar-refractivity contribution in [3.8, 4) is 17.6 Å². The third-order valence-corrected chi connectivity index (χ3v) is 1.98. The Morgan fingerprint density at radius 1 is 1.35 bits per heavy atom. The van der Waals surface area contributed by atoms with Crippen molar-refractivity contribution in [2.24, 2.45) is 0 Å². The molecule has 0 saturated heterocycles. The number of nitrogens with one attached hydrogen (secondary N) is 1. The Balaban J connectivity index is 2.60. The van der Waals surface area contributed by atoms with Crippen LogP contribution in [0.2, 0.25) is 0 Å². The predicted molar refractivity (Wildman–Crippen MR) is 69.1 cm³/mol. The first-order valence-corrected chi connectivity index (χ1v) is 5.83. The van der Waals surface area contributed by atoms with Gasteiger partial charge in [-0.05, 0) is 26.8 Å². The second-order valence-electron chi connectivity index (χ2n) is 4.94. The monoisotopic (exact) mass is 283 g/mol. The summed E-state index contributed by atoms with van der Waals surface area (Å²) in [5, 5.41) is 11.7. The molecule has 0 aliphatic carbocycles. The van der Waals surface area contributed by atoms with Crippen LogP contribution in [0.15, 0.2) is 12.1 Å². The molecule has 0 fully saturated rings. The Labute approximate surface area is 115 Å². The number of amides is 1. The van der Waals surface area contributed by atoms with E-state index < -0.39 is 29.1 Å². The lowest BCUT2D eigenvalue weighted by molar-refractivity contribution is 0.0535. The van der Waals surface area contributed by atoms with Gasteiger partial charge in [0.25, 0.3) is 0 Å². The maximum atomic E-state index is 12.9. The minimum atomic E-state index is -1.15. The van der Waals surface area contributed by atoms with Crippen LogP contribution in [0.4, 0.5) is 13.6 Å². The molecule has 4 nitrogen and oxygen atoms in total. The van der Waals surface area contributed by atoms with Gasteiger partial charge in [-0.15, -0.1) is 0 Å². The van der Waals surface area contributed by atoms with E-state index in [2.05, 4.69) is 17.2 Å². The predicted octanol–water partition coefficient (Wildman–Crippen LogP) is 2.55. The number of rotatable bonds is 1. The number of hydrogen-bond donors (Lipinski definition) is 2. The number of benzene rings is 1. The van der Waals surface area contributed by atoms with Crippen molar-refractivity contribution in [2.45, 2.75) is 26.4 Å². The van der Waals surface area contributed by atoms with E-state index in [4.69, 9.17) is 4.74 Å².